The van der Waals surface area contributed by atoms with Gasteiger partial charge in [-0.2, -0.15) is 13.2 Å². The third-order valence-electron chi connectivity index (χ3n) is 3.23. The lowest BCUT2D eigenvalue weighted by Crippen LogP contribution is -2.12. The van der Waals surface area contributed by atoms with Crippen molar-refractivity contribution in [2.75, 3.05) is 5.52 Å². The molecule has 2 aromatic rings. The molecule has 0 N–H and O–H groups in total. The number of halogens is 4. The Morgan fingerprint density at radius 1 is 0.955 bits per heavy atom. The summed E-state index contributed by atoms with van der Waals surface area (Å²) in [6, 6.07) is 14.4. The highest BCUT2D eigenvalue weighted by atomic mass is 79.9. The van der Waals surface area contributed by atoms with Gasteiger partial charge in [-0.25, -0.2) is 0 Å². The van der Waals surface area contributed by atoms with Crippen molar-refractivity contribution in [2.24, 2.45) is 0 Å². The van der Waals surface area contributed by atoms with Crippen LogP contribution < -0.4 is 4.74 Å². The number of alkyl halides is 4. The molecule has 0 spiro atoms. The highest BCUT2D eigenvalue weighted by Crippen LogP contribution is 2.39. The Morgan fingerprint density at radius 2 is 1.55 bits per heavy atom. The molecule has 116 valence electrons. The Morgan fingerprint density at radius 3 is 2.05 bits per heavy atom. The van der Waals surface area contributed by atoms with Crippen molar-refractivity contribution in [3.63, 3.8) is 0 Å². The second-order valence-electron chi connectivity index (χ2n) is 4.64. The highest BCUT2D eigenvalue weighted by molar-refractivity contribution is 9.09. The molecule has 0 aliphatic heterocycles. The highest BCUT2D eigenvalue weighted by Gasteiger charge is 2.36. The smallest absolute Gasteiger partial charge is 0.417 e. The van der Waals surface area contributed by atoms with Gasteiger partial charge in [-0.3, -0.25) is 0 Å². The van der Waals surface area contributed by atoms with Crippen LogP contribution in [0, 0.1) is 0 Å². The van der Waals surface area contributed by atoms with E-state index in [2.05, 4.69) is 15.9 Å². The molecule has 0 heterocycles. The van der Waals surface area contributed by atoms with E-state index in [-0.39, 0.29) is 11.1 Å². The van der Waals surface area contributed by atoms with Crippen molar-refractivity contribution >= 4 is 27.1 Å². The largest absolute Gasteiger partial charge is 0.482 e. The van der Waals surface area contributed by atoms with Gasteiger partial charge in [0.25, 0.3) is 0 Å². The summed E-state index contributed by atoms with van der Waals surface area (Å²) >= 11 is 3.13. The van der Waals surface area contributed by atoms with Gasteiger partial charge in [-0.15, -0.1) is 0 Å². The van der Waals surface area contributed by atoms with Crippen LogP contribution in [0.1, 0.15) is 18.1 Å². The molecule has 22 heavy (non-hydrogen) atoms. The molecular weight excluding hydrogens is 357 g/mol. The number of hydrogen-bond donors (Lipinski definition) is 0. The molecule has 0 saturated carbocycles. The molecule has 0 atom stereocenters. The zero-order valence-corrected chi connectivity index (χ0v) is 13.4. The van der Waals surface area contributed by atoms with Gasteiger partial charge in [-0.1, -0.05) is 42.5 Å². The van der Waals surface area contributed by atoms with E-state index >= 15 is 0 Å². The van der Waals surface area contributed by atoms with Crippen LogP contribution in [0.4, 0.5) is 13.2 Å². The SMILES string of the molecule is C/C(=C(\c1ccccc1)C(F)(F)F)c1ccc(OCBr)cc1. The van der Waals surface area contributed by atoms with E-state index in [1.54, 1.807) is 42.5 Å². The molecule has 0 bridgehead atoms. The van der Waals surface area contributed by atoms with Gasteiger partial charge in [0.1, 0.15) is 11.3 Å². The van der Waals surface area contributed by atoms with Crippen molar-refractivity contribution in [3.05, 3.63) is 65.7 Å². The van der Waals surface area contributed by atoms with Crippen LogP contribution in [0.3, 0.4) is 0 Å². The van der Waals surface area contributed by atoms with Crippen LogP contribution in [-0.4, -0.2) is 11.7 Å². The first-order valence-electron chi connectivity index (χ1n) is 6.56. The molecule has 2 aromatic carbocycles. The maximum Gasteiger partial charge on any atom is 0.417 e. The van der Waals surface area contributed by atoms with Gasteiger partial charge in [0.2, 0.25) is 0 Å². The first-order valence-corrected chi connectivity index (χ1v) is 7.68. The molecular formula is C17H14BrF3O. The van der Waals surface area contributed by atoms with Gasteiger partial charge in [0, 0.05) is 0 Å². The number of hydrogen-bond acceptors (Lipinski definition) is 1. The van der Waals surface area contributed by atoms with Crippen LogP contribution in [0.5, 0.6) is 5.75 Å². The predicted molar refractivity (Wildman–Crippen MR) is 85.8 cm³/mol. The third kappa shape index (κ3) is 3.91. The molecule has 0 aliphatic carbocycles. The van der Waals surface area contributed by atoms with Crippen molar-refractivity contribution < 1.29 is 17.9 Å². The van der Waals surface area contributed by atoms with Crippen LogP contribution in [0.2, 0.25) is 0 Å². The maximum atomic E-state index is 13.5. The molecule has 0 amide bonds. The van der Waals surface area contributed by atoms with E-state index in [1.807, 2.05) is 0 Å². The van der Waals surface area contributed by atoms with Crippen molar-refractivity contribution in [1.82, 2.24) is 0 Å². The summed E-state index contributed by atoms with van der Waals surface area (Å²) < 4.78 is 45.6. The van der Waals surface area contributed by atoms with Crippen LogP contribution in [-0.2, 0) is 0 Å². The summed E-state index contributed by atoms with van der Waals surface area (Å²) in [5.74, 6) is 0.599. The number of rotatable bonds is 4. The standard InChI is InChI=1S/C17H14BrF3O/c1-12(13-7-9-15(10-8-13)22-11-18)16(17(19,20)21)14-5-3-2-4-6-14/h2-10H,11H2,1H3/b16-12-. The second kappa shape index (κ2) is 7.01. The second-order valence-corrected chi connectivity index (χ2v) is 5.10. The quantitative estimate of drug-likeness (QED) is 0.480. The Labute approximate surface area is 135 Å². The molecule has 0 saturated heterocycles. The fraction of sp³-hybridized carbons (Fsp3) is 0.176. The molecule has 0 aromatic heterocycles. The molecule has 0 aliphatic rings. The Hall–Kier alpha value is -1.75. The van der Waals surface area contributed by atoms with Crippen molar-refractivity contribution in [3.8, 4) is 5.75 Å². The Bertz CT molecular complexity index is 646. The normalized spacial score (nSPS) is 12.8. The van der Waals surface area contributed by atoms with Gasteiger partial charge in [0.05, 0.1) is 5.57 Å². The summed E-state index contributed by atoms with van der Waals surface area (Å²) in [6.45, 7) is 1.48. The molecule has 2 rings (SSSR count). The van der Waals surface area contributed by atoms with Gasteiger partial charge >= 0.3 is 6.18 Å². The summed E-state index contributed by atoms with van der Waals surface area (Å²) in [5, 5.41) is 0. The average molecular weight is 371 g/mol. The number of allylic oxidation sites excluding steroid dienone is 2. The van der Waals surface area contributed by atoms with E-state index in [9.17, 15) is 13.2 Å². The molecule has 0 unspecified atom stereocenters. The monoisotopic (exact) mass is 370 g/mol. The van der Waals surface area contributed by atoms with E-state index in [0.29, 0.717) is 16.8 Å². The molecule has 0 fully saturated rings. The van der Waals surface area contributed by atoms with Gasteiger partial charge < -0.3 is 4.74 Å². The van der Waals surface area contributed by atoms with E-state index < -0.39 is 11.7 Å². The predicted octanol–water partition coefficient (Wildman–Crippen LogP) is 5.91. The molecule has 5 heteroatoms. The average Bonchev–Trinajstić information content (AvgIpc) is 2.48. The van der Waals surface area contributed by atoms with E-state index in [4.69, 9.17) is 4.74 Å². The zero-order chi connectivity index (χ0) is 16.2. The van der Waals surface area contributed by atoms with Gasteiger partial charge in [0.15, 0.2) is 0 Å². The Balaban J connectivity index is 2.50. The fourth-order valence-electron chi connectivity index (χ4n) is 2.21. The molecule has 1 nitrogen and oxygen atoms in total. The van der Waals surface area contributed by atoms with Crippen LogP contribution >= 0.6 is 15.9 Å². The van der Waals surface area contributed by atoms with Crippen LogP contribution in [0.15, 0.2) is 54.6 Å². The van der Waals surface area contributed by atoms with Crippen LogP contribution in [0.25, 0.3) is 11.1 Å². The Kier molecular flexibility index (Phi) is 5.29. The first kappa shape index (κ1) is 16.6. The first-order chi connectivity index (χ1) is 10.4. The summed E-state index contributed by atoms with van der Waals surface area (Å²) in [6.07, 6.45) is -4.42. The maximum absolute atomic E-state index is 13.5. The number of benzene rings is 2. The minimum atomic E-state index is -4.42. The van der Waals surface area contributed by atoms with E-state index in [0.717, 1.165) is 0 Å². The summed E-state index contributed by atoms with van der Waals surface area (Å²) in [5.41, 5.74) is 0.566. The lowest BCUT2D eigenvalue weighted by molar-refractivity contribution is -0.0685. The van der Waals surface area contributed by atoms with Gasteiger partial charge in [-0.05, 0) is 51.7 Å². The minimum Gasteiger partial charge on any atom is -0.482 e. The zero-order valence-electron chi connectivity index (χ0n) is 11.8. The van der Waals surface area contributed by atoms with E-state index in [1.165, 1.54) is 19.1 Å². The summed E-state index contributed by atoms with van der Waals surface area (Å²) in [7, 11) is 0. The lowest BCUT2D eigenvalue weighted by atomic mass is 9.95. The third-order valence-corrected chi connectivity index (χ3v) is 3.46. The number of ether oxygens (including phenoxy) is 1. The van der Waals surface area contributed by atoms with Crippen molar-refractivity contribution in [1.29, 1.82) is 0 Å². The topological polar surface area (TPSA) is 9.23 Å². The molecule has 0 radical (unpaired) electrons. The summed E-state index contributed by atoms with van der Waals surface area (Å²) in [4.78, 5) is 0. The fourth-order valence-corrected chi connectivity index (χ4v) is 2.47. The minimum absolute atomic E-state index is 0.160. The lowest BCUT2D eigenvalue weighted by Gasteiger charge is -2.16. The van der Waals surface area contributed by atoms with Crippen molar-refractivity contribution in [2.45, 2.75) is 13.1 Å².